The van der Waals surface area contributed by atoms with Crippen LogP contribution < -0.4 is 10.9 Å². The van der Waals surface area contributed by atoms with Gasteiger partial charge in [0, 0.05) is 36.4 Å². The van der Waals surface area contributed by atoms with Crippen molar-refractivity contribution in [3.05, 3.63) is 61.4 Å². The SMILES string of the molecule is Cn1cc(NCc2c(Cl)ccc(Cl)c2Cl)ccc1=O. The molecule has 2 rings (SSSR count). The van der Waals surface area contributed by atoms with Crippen LogP contribution in [-0.2, 0) is 13.6 Å². The lowest BCUT2D eigenvalue weighted by molar-refractivity contribution is 0.859. The van der Waals surface area contributed by atoms with Gasteiger partial charge in [-0.1, -0.05) is 34.8 Å². The average molecular weight is 318 g/mol. The summed E-state index contributed by atoms with van der Waals surface area (Å²) < 4.78 is 1.49. The molecule has 0 spiro atoms. The van der Waals surface area contributed by atoms with Gasteiger partial charge in [0.05, 0.1) is 15.7 Å². The van der Waals surface area contributed by atoms with Gasteiger partial charge in [0.15, 0.2) is 0 Å². The van der Waals surface area contributed by atoms with Crippen LogP contribution in [0.2, 0.25) is 15.1 Å². The topological polar surface area (TPSA) is 34.0 Å². The molecule has 0 fully saturated rings. The molecule has 0 aliphatic rings. The summed E-state index contributed by atoms with van der Waals surface area (Å²) in [4.78, 5) is 11.3. The van der Waals surface area contributed by atoms with E-state index in [0.29, 0.717) is 21.6 Å². The van der Waals surface area contributed by atoms with Crippen LogP contribution in [0.4, 0.5) is 5.69 Å². The third kappa shape index (κ3) is 3.24. The van der Waals surface area contributed by atoms with E-state index in [-0.39, 0.29) is 5.56 Å². The number of aromatic nitrogens is 1. The minimum Gasteiger partial charge on any atom is -0.380 e. The van der Waals surface area contributed by atoms with Gasteiger partial charge < -0.3 is 9.88 Å². The number of anilines is 1. The van der Waals surface area contributed by atoms with Crippen LogP contribution in [-0.4, -0.2) is 4.57 Å². The Morgan fingerprint density at radius 1 is 1.11 bits per heavy atom. The monoisotopic (exact) mass is 316 g/mol. The Labute approximate surface area is 125 Å². The Morgan fingerprint density at radius 2 is 1.79 bits per heavy atom. The van der Waals surface area contributed by atoms with Crippen LogP contribution in [0, 0.1) is 0 Å². The molecule has 0 saturated carbocycles. The zero-order valence-corrected chi connectivity index (χ0v) is 12.4. The van der Waals surface area contributed by atoms with Crippen molar-refractivity contribution in [1.29, 1.82) is 0 Å². The zero-order valence-electron chi connectivity index (χ0n) is 10.1. The fourth-order valence-corrected chi connectivity index (χ4v) is 2.30. The standard InChI is InChI=1S/C13H11Cl3N2O/c1-18-7-8(2-5-12(18)19)17-6-9-10(14)3-4-11(15)13(9)16/h2-5,7,17H,6H2,1H3. The number of hydrogen-bond acceptors (Lipinski definition) is 2. The van der Waals surface area contributed by atoms with E-state index in [1.807, 2.05) is 0 Å². The van der Waals surface area contributed by atoms with Gasteiger partial charge in [0.1, 0.15) is 0 Å². The number of hydrogen-bond donors (Lipinski definition) is 1. The molecule has 2 aromatic rings. The van der Waals surface area contributed by atoms with Crippen LogP contribution >= 0.6 is 34.8 Å². The van der Waals surface area contributed by atoms with E-state index in [1.165, 1.54) is 10.6 Å². The molecular weight excluding hydrogens is 307 g/mol. The molecule has 0 saturated heterocycles. The lowest BCUT2D eigenvalue weighted by Gasteiger charge is -2.11. The molecule has 1 heterocycles. The molecule has 1 N–H and O–H groups in total. The smallest absolute Gasteiger partial charge is 0.250 e. The van der Waals surface area contributed by atoms with Crippen LogP contribution in [0.5, 0.6) is 0 Å². The molecule has 0 aliphatic carbocycles. The van der Waals surface area contributed by atoms with Gasteiger partial charge in [-0.15, -0.1) is 0 Å². The number of nitrogens with one attached hydrogen (secondary N) is 1. The first kappa shape index (κ1) is 14.3. The van der Waals surface area contributed by atoms with Crippen molar-refractivity contribution >= 4 is 40.5 Å². The second kappa shape index (κ2) is 5.87. The molecule has 6 heteroatoms. The van der Waals surface area contributed by atoms with E-state index < -0.39 is 0 Å². The molecule has 1 aromatic carbocycles. The van der Waals surface area contributed by atoms with Crippen LogP contribution in [0.1, 0.15) is 5.56 Å². The van der Waals surface area contributed by atoms with Crippen molar-refractivity contribution in [2.75, 3.05) is 5.32 Å². The minimum absolute atomic E-state index is 0.0654. The predicted octanol–water partition coefficient (Wildman–Crippen LogP) is 3.96. The van der Waals surface area contributed by atoms with E-state index in [2.05, 4.69) is 5.32 Å². The summed E-state index contributed by atoms with van der Waals surface area (Å²) in [6, 6.07) is 6.55. The lowest BCUT2D eigenvalue weighted by atomic mass is 10.2. The second-order valence-corrected chi connectivity index (χ2v) is 5.23. The van der Waals surface area contributed by atoms with Crippen molar-refractivity contribution in [3.8, 4) is 0 Å². The molecule has 0 amide bonds. The largest absolute Gasteiger partial charge is 0.380 e. The lowest BCUT2D eigenvalue weighted by Crippen LogP contribution is -2.15. The van der Waals surface area contributed by atoms with Gasteiger partial charge in [-0.3, -0.25) is 4.79 Å². The van der Waals surface area contributed by atoms with E-state index in [1.54, 1.807) is 31.4 Å². The summed E-state index contributed by atoms with van der Waals surface area (Å²) >= 11 is 18.1. The number of halogens is 3. The Morgan fingerprint density at radius 3 is 2.47 bits per heavy atom. The number of pyridine rings is 1. The number of rotatable bonds is 3. The van der Waals surface area contributed by atoms with E-state index in [0.717, 1.165) is 11.3 Å². The highest BCUT2D eigenvalue weighted by Gasteiger charge is 2.09. The number of benzene rings is 1. The van der Waals surface area contributed by atoms with Gasteiger partial charge >= 0.3 is 0 Å². The Hall–Kier alpha value is -1.16. The normalized spacial score (nSPS) is 10.5. The second-order valence-electron chi connectivity index (χ2n) is 4.04. The van der Waals surface area contributed by atoms with Crippen molar-refractivity contribution in [2.45, 2.75) is 6.54 Å². The summed E-state index contributed by atoms with van der Waals surface area (Å²) in [5.74, 6) is 0. The quantitative estimate of drug-likeness (QED) is 0.870. The molecule has 1 aromatic heterocycles. The van der Waals surface area contributed by atoms with Gasteiger partial charge in [0.2, 0.25) is 5.56 Å². The number of aryl methyl sites for hydroxylation is 1. The van der Waals surface area contributed by atoms with Crippen molar-refractivity contribution in [2.24, 2.45) is 7.05 Å². The molecule has 0 aliphatic heterocycles. The maximum absolute atomic E-state index is 11.3. The summed E-state index contributed by atoms with van der Waals surface area (Å²) in [6.45, 7) is 0.427. The molecule has 100 valence electrons. The Balaban J connectivity index is 2.21. The molecule has 3 nitrogen and oxygen atoms in total. The van der Waals surface area contributed by atoms with Crippen LogP contribution in [0.3, 0.4) is 0 Å². The van der Waals surface area contributed by atoms with Crippen molar-refractivity contribution in [1.82, 2.24) is 4.57 Å². The predicted molar refractivity (Wildman–Crippen MR) is 80.5 cm³/mol. The fourth-order valence-electron chi connectivity index (χ4n) is 1.62. The van der Waals surface area contributed by atoms with Crippen molar-refractivity contribution < 1.29 is 0 Å². The molecular formula is C13H11Cl3N2O. The highest BCUT2D eigenvalue weighted by Crippen LogP contribution is 2.31. The molecule has 0 bridgehead atoms. The first-order chi connectivity index (χ1) is 8.99. The summed E-state index contributed by atoms with van der Waals surface area (Å²) in [5.41, 5.74) is 1.46. The minimum atomic E-state index is -0.0654. The maximum Gasteiger partial charge on any atom is 0.250 e. The number of nitrogens with zero attached hydrogens (tertiary/aromatic N) is 1. The van der Waals surface area contributed by atoms with E-state index >= 15 is 0 Å². The van der Waals surface area contributed by atoms with Crippen LogP contribution in [0.15, 0.2) is 35.3 Å². The molecule has 0 unspecified atom stereocenters. The zero-order chi connectivity index (χ0) is 14.0. The summed E-state index contributed by atoms with van der Waals surface area (Å²) in [7, 11) is 1.69. The van der Waals surface area contributed by atoms with E-state index in [9.17, 15) is 4.79 Å². The Kier molecular flexibility index (Phi) is 4.40. The average Bonchev–Trinajstić information content (AvgIpc) is 2.38. The molecule has 0 radical (unpaired) electrons. The van der Waals surface area contributed by atoms with Gasteiger partial charge in [-0.25, -0.2) is 0 Å². The Bertz CT molecular complexity index is 667. The van der Waals surface area contributed by atoms with Gasteiger partial charge in [0.25, 0.3) is 0 Å². The third-order valence-electron chi connectivity index (χ3n) is 2.69. The highest BCUT2D eigenvalue weighted by molar-refractivity contribution is 6.44. The van der Waals surface area contributed by atoms with Gasteiger partial charge in [-0.05, 0) is 18.2 Å². The van der Waals surface area contributed by atoms with Gasteiger partial charge in [-0.2, -0.15) is 0 Å². The molecule has 19 heavy (non-hydrogen) atoms. The molecule has 0 atom stereocenters. The summed E-state index contributed by atoms with van der Waals surface area (Å²) in [6.07, 6.45) is 1.70. The highest BCUT2D eigenvalue weighted by atomic mass is 35.5. The fraction of sp³-hybridized carbons (Fsp3) is 0.154. The first-order valence-electron chi connectivity index (χ1n) is 5.52. The van der Waals surface area contributed by atoms with Crippen molar-refractivity contribution in [3.63, 3.8) is 0 Å². The van der Waals surface area contributed by atoms with Crippen LogP contribution in [0.25, 0.3) is 0 Å². The first-order valence-corrected chi connectivity index (χ1v) is 6.65. The maximum atomic E-state index is 11.3. The summed E-state index contributed by atoms with van der Waals surface area (Å²) in [5, 5.41) is 4.60. The van der Waals surface area contributed by atoms with E-state index in [4.69, 9.17) is 34.8 Å². The third-order valence-corrected chi connectivity index (χ3v) is 3.89.